The largest absolute Gasteiger partial charge is 0.197 e. The van der Waals surface area contributed by atoms with Crippen molar-refractivity contribution in [3.8, 4) is 6.07 Å². The predicted molar refractivity (Wildman–Crippen MR) is 35.7 cm³/mol. The van der Waals surface area contributed by atoms with E-state index in [1.807, 2.05) is 0 Å². The molecule has 0 aromatic heterocycles. The van der Waals surface area contributed by atoms with E-state index < -0.39 is 0 Å². The van der Waals surface area contributed by atoms with E-state index in [-0.39, 0.29) is 0 Å². The lowest BCUT2D eigenvalue weighted by Gasteiger charge is -2.22. The third-order valence-corrected chi connectivity index (χ3v) is 2.67. The minimum atomic E-state index is 0.685. The Balaban J connectivity index is 1.95. The van der Waals surface area contributed by atoms with Crippen LogP contribution in [0.15, 0.2) is 0 Å². The number of hydrogen-bond donors (Lipinski definition) is 0. The summed E-state index contributed by atoms with van der Waals surface area (Å²) in [6.07, 6.45) is 4.06. The molecule has 0 atom stereocenters. The lowest BCUT2D eigenvalue weighted by atomic mass is 10.0. The van der Waals surface area contributed by atoms with Crippen LogP contribution in [0.4, 0.5) is 0 Å². The summed E-state index contributed by atoms with van der Waals surface area (Å²) in [7, 11) is 0. The quantitative estimate of drug-likeness (QED) is 0.564. The third kappa shape index (κ3) is 1.41. The highest BCUT2D eigenvalue weighted by atomic mass is 32.2. The zero-order valence-corrected chi connectivity index (χ0v) is 5.58. The topological polar surface area (TPSA) is 23.8 Å². The van der Waals surface area contributed by atoms with Gasteiger partial charge in [0.25, 0.3) is 0 Å². The zero-order valence-electron chi connectivity index (χ0n) is 4.76. The number of rotatable bonds is 2. The van der Waals surface area contributed by atoms with E-state index in [0.29, 0.717) is 5.75 Å². The molecule has 0 heterocycles. The molecule has 0 N–H and O–H groups in total. The molecule has 0 radical (unpaired) electrons. The molecule has 0 amide bonds. The molecule has 1 rings (SSSR count). The van der Waals surface area contributed by atoms with Gasteiger partial charge >= 0.3 is 0 Å². The molecular formula is C6H9NS. The number of thioether (sulfide) groups is 1. The summed E-state index contributed by atoms with van der Waals surface area (Å²) in [6.45, 7) is 0. The molecule has 0 aromatic carbocycles. The molecular weight excluding hydrogens is 118 g/mol. The maximum absolute atomic E-state index is 8.16. The molecule has 1 aliphatic carbocycles. The van der Waals surface area contributed by atoms with E-state index in [1.54, 1.807) is 11.8 Å². The standard InChI is InChI=1S/C6H9NS/c7-4-5-8-6-2-1-3-6/h6H,1-3,5H2. The van der Waals surface area contributed by atoms with Gasteiger partial charge in [-0.05, 0) is 12.8 Å². The van der Waals surface area contributed by atoms with Gasteiger partial charge in [0.2, 0.25) is 0 Å². The van der Waals surface area contributed by atoms with E-state index in [4.69, 9.17) is 5.26 Å². The van der Waals surface area contributed by atoms with Gasteiger partial charge in [0.1, 0.15) is 0 Å². The van der Waals surface area contributed by atoms with Gasteiger partial charge in [0.15, 0.2) is 0 Å². The van der Waals surface area contributed by atoms with E-state index in [9.17, 15) is 0 Å². The summed E-state index contributed by atoms with van der Waals surface area (Å²) in [6, 6.07) is 2.13. The van der Waals surface area contributed by atoms with Gasteiger partial charge in [-0.2, -0.15) is 5.26 Å². The Labute approximate surface area is 54.1 Å². The van der Waals surface area contributed by atoms with Crippen LogP contribution >= 0.6 is 11.8 Å². The van der Waals surface area contributed by atoms with Crippen LogP contribution in [0.2, 0.25) is 0 Å². The summed E-state index contributed by atoms with van der Waals surface area (Å²) < 4.78 is 0. The Hall–Kier alpha value is -0.160. The number of nitrogens with zero attached hydrogens (tertiary/aromatic N) is 1. The van der Waals surface area contributed by atoms with Crippen molar-refractivity contribution in [3.63, 3.8) is 0 Å². The average Bonchev–Trinajstić information content (AvgIpc) is 1.63. The van der Waals surface area contributed by atoms with Crippen LogP contribution in [-0.4, -0.2) is 11.0 Å². The molecule has 2 heteroatoms. The highest BCUT2D eigenvalue weighted by molar-refractivity contribution is 8.00. The second kappa shape index (κ2) is 2.99. The average molecular weight is 127 g/mol. The van der Waals surface area contributed by atoms with Crippen LogP contribution in [0.1, 0.15) is 19.3 Å². The smallest absolute Gasteiger partial charge is 0.0810 e. The highest BCUT2D eigenvalue weighted by Crippen LogP contribution is 2.30. The van der Waals surface area contributed by atoms with Gasteiger partial charge < -0.3 is 0 Å². The highest BCUT2D eigenvalue weighted by Gasteiger charge is 2.16. The molecule has 0 aromatic rings. The van der Waals surface area contributed by atoms with Gasteiger partial charge in [-0.25, -0.2) is 0 Å². The fraction of sp³-hybridized carbons (Fsp3) is 0.833. The Morgan fingerprint density at radius 1 is 1.62 bits per heavy atom. The fourth-order valence-corrected chi connectivity index (χ4v) is 1.67. The van der Waals surface area contributed by atoms with Gasteiger partial charge in [-0.3, -0.25) is 0 Å². The Morgan fingerprint density at radius 3 is 2.75 bits per heavy atom. The van der Waals surface area contributed by atoms with Crippen molar-refractivity contribution >= 4 is 11.8 Å². The van der Waals surface area contributed by atoms with Crippen LogP contribution in [0.3, 0.4) is 0 Å². The van der Waals surface area contributed by atoms with Crippen molar-refractivity contribution < 1.29 is 0 Å². The first kappa shape index (κ1) is 5.97. The third-order valence-electron chi connectivity index (χ3n) is 1.44. The van der Waals surface area contributed by atoms with E-state index in [0.717, 1.165) is 5.25 Å². The molecule has 0 spiro atoms. The second-order valence-electron chi connectivity index (χ2n) is 2.02. The maximum Gasteiger partial charge on any atom is 0.0810 e. The molecule has 1 saturated carbocycles. The first-order chi connectivity index (χ1) is 3.93. The molecule has 8 heavy (non-hydrogen) atoms. The van der Waals surface area contributed by atoms with Gasteiger partial charge in [-0.1, -0.05) is 6.42 Å². The van der Waals surface area contributed by atoms with Crippen molar-refractivity contribution in [2.45, 2.75) is 24.5 Å². The Kier molecular flexibility index (Phi) is 2.23. The van der Waals surface area contributed by atoms with Crippen LogP contribution in [-0.2, 0) is 0 Å². The van der Waals surface area contributed by atoms with Crippen LogP contribution in [0.5, 0.6) is 0 Å². The zero-order chi connectivity index (χ0) is 5.82. The van der Waals surface area contributed by atoms with Crippen molar-refractivity contribution in [1.82, 2.24) is 0 Å². The van der Waals surface area contributed by atoms with Crippen LogP contribution in [0.25, 0.3) is 0 Å². The summed E-state index contributed by atoms with van der Waals surface area (Å²) in [5.41, 5.74) is 0. The lowest BCUT2D eigenvalue weighted by Crippen LogP contribution is -2.13. The monoisotopic (exact) mass is 127 g/mol. The summed E-state index contributed by atoms with van der Waals surface area (Å²) >= 11 is 1.80. The van der Waals surface area contributed by atoms with E-state index >= 15 is 0 Å². The Bertz CT molecular complexity index is 102. The van der Waals surface area contributed by atoms with Crippen molar-refractivity contribution in [2.75, 3.05) is 5.75 Å². The molecule has 1 aliphatic rings. The van der Waals surface area contributed by atoms with E-state index in [1.165, 1.54) is 19.3 Å². The van der Waals surface area contributed by atoms with Crippen LogP contribution in [0, 0.1) is 11.3 Å². The van der Waals surface area contributed by atoms with Crippen molar-refractivity contribution in [3.05, 3.63) is 0 Å². The minimum absolute atomic E-state index is 0.685. The predicted octanol–water partition coefficient (Wildman–Crippen LogP) is 1.80. The second-order valence-corrected chi connectivity index (χ2v) is 3.31. The molecule has 0 aliphatic heterocycles. The molecule has 0 bridgehead atoms. The molecule has 1 nitrogen and oxygen atoms in total. The van der Waals surface area contributed by atoms with Crippen LogP contribution < -0.4 is 0 Å². The first-order valence-corrected chi connectivity index (χ1v) is 3.97. The van der Waals surface area contributed by atoms with Crippen molar-refractivity contribution in [1.29, 1.82) is 5.26 Å². The lowest BCUT2D eigenvalue weighted by molar-refractivity contribution is 0.522. The van der Waals surface area contributed by atoms with Gasteiger partial charge in [0.05, 0.1) is 11.8 Å². The molecule has 1 fully saturated rings. The summed E-state index contributed by atoms with van der Waals surface area (Å²) in [5, 5.41) is 8.99. The number of nitriles is 1. The first-order valence-electron chi connectivity index (χ1n) is 2.92. The minimum Gasteiger partial charge on any atom is -0.197 e. The molecule has 0 saturated heterocycles. The van der Waals surface area contributed by atoms with Crippen molar-refractivity contribution in [2.24, 2.45) is 0 Å². The Morgan fingerprint density at radius 2 is 2.38 bits per heavy atom. The van der Waals surface area contributed by atoms with E-state index in [2.05, 4.69) is 6.07 Å². The normalized spacial score (nSPS) is 19.4. The molecule has 44 valence electrons. The summed E-state index contributed by atoms with van der Waals surface area (Å²) in [5.74, 6) is 0.685. The van der Waals surface area contributed by atoms with Gasteiger partial charge in [-0.15, -0.1) is 11.8 Å². The number of hydrogen-bond acceptors (Lipinski definition) is 2. The van der Waals surface area contributed by atoms with Gasteiger partial charge in [0, 0.05) is 5.25 Å². The summed E-state index contributed by atoms with van der Waals surface area (Å²) in [4.78, 5) is 0. The SMILES string of the molecule is N#CCSC1CCC1. The maximum atomic E-state index is 8.16. The molecule has 0 unspecified atom stereocenters. The fourth-order valence-electron chi connectivity index (χ4n) is 0.693.